The quantitative estimate of drug-likeness (QED) is 0.449. The highest BCUT2D eigenvalue weighted by Gasteiger charge is 2.24. The standard InChI is InChI=1S/C27H29N5/c1-4-7-21-17-26(32-25-9-6-5-8-23(25)29-27(32)22(21)18-28)31-14-12-30(13-15-31)24-11-10-19(2)16-20(24)3/h5-6,8-11,16-17H,4,7,12-15H2,1-3H3. The molecule has 3 heterocycles. The second-order valence-corrected chi connectivity index (χ2v) is 8.79. The fourth-order valence-electron chi connectivity index (χ4n) is 5.02. The zero-order valence-corrected chi connectivity index (χ0v) is 19.1. The van der Waals surface area contributed by atoms with Crippen molar-refractivity contribution in [2.45, 2.75) is 33.6 Å². The van der Waals surface area contributed by atoms with E-state index >= 15 is 0 Å². The number of aromatic nitrogens is 2. The van der Waals surface area contributed by atoms with E-state index in [1.165, 1.54) is 16.8 Å². The summed E-state index contributed by atoms with van der Waals surface area (Å²) < 4.78 is 2.19. The normalized spacial score (nSPS) is 14.3. The Balaban J connectivity index is 1.56. The van der Waals surface area contributed by atoms with Crippen molar-refractivity contribution in [3.63, 3.8) is 0 Å². The Morgan fingerprint density at radius 2 is 1.72 bits per heavy atom. The zero-order valence-electron chi connectivity index (χ0n) is 19.1. The number of anilines is 2. The lowest BCUT2D eigenvalue weighted by molar-refractivity contribution is 0.644. The number of aryl methyl sites for hydroxylation is 3. The van der Waals surface area contributed by atoms with Crippen molar-refractivity contribution in [1.29, 1.82) is 5.26 Å². The van der Waals surface area contributed by atoms with Crippen LogP contribution in [0, 0.1) is 25.2 Å². The van der Waals surface area contributed by atoms with Crippen molar-refractivity contribution in [3.05, 3.63) is 70.8 Å². The number of para-hydroxylation sites is 2. The van der Waals surface area contributed by atoms with E-state index in [4.69, 9.17) is 4.98 Å². The molecule has 0 saturated carbocycles. The minimum Gasteiger partial charge on any atom is -0.368 e. The van der Waals surface area contributed by atoms with Crippen LogP contribution < -0.4 is 9.80 Å². The largest absolute Gasteiger partial charge is 0.368 e. The van der Waals surface area contributed by atoms with Crippen molar-refractivity contribution in [2.24, 2.45) is 0 Å². The van der Waals surface area contributed by atoms with E-state index in [0.29, 0.717) is 5.56 Å². The molecule has 162 valence electrons. The number of piperazine rings is 1. The van der Waals surface area contributed by atoms with E-state index in [1.807, 2.05) is 18.2 Å². The van der Waals surface area contributed by atoms with E-state index in [-0.39, 0.29) is 0 Å². The van der Waals surface area contributed by atoms with Gasteiger partial charge in [-0.2, -0.15) is 5.26 Å². The summed E-state index contributed by atoms with van der Waals surface area (Å²) in [7, 11) is 0. The molecule has 0 radical (unpaired) electrons. The SMILES string of the molecule is CCCc1cc(N2CCN(c3ccc(C)cc3C)CC2)n2c(nc3ccccc32)c1C#N. The maximum atomic E-state index is 9.95. The molecule has 0 atom stereocenters. The minimum atomic E-state index is 0.709. The maximum absolute atomic E-state index is 9.95. The molecule has 4 aromatic rings. The number of nitrogens with zero attached hydrogens (tertiary/aromatic N) is 5. The number of imidazole rings is 1. The molecule has 5 rings (SSSR count). The van der Waals surface area contributed by atoms with Gasteiger partial charge in [0.2, 0.25) is 0 Å². The second kappa shape index (κ2) is 8.20. The first-order chi connectivity index (χ1) is 15.6. The summed E-state index contributed by atoms with van der Waals surface area (Å²) >= 11 is 0. The van der Waals surface area contributed by atoms with Crippen molar-refractivity contribution in [1.82, 2.24) is 9.38 Å². The van der Waals surface area contributed by atoms with Crippen LogP contribution in [-0.4, -0.2) is 35.6 Å². The van der Waals surface area contributed by atoms with Crippen molar-refractivity contribution < 1.29 is 0 Å². The lowest BCUT2D eigenvalue weighted by Gasteiger charge is -2.38. The topological polar surface area (TPSA) is 47.6 Å². The van der Waals surface area contributed by atoms with Gasteiger partial charge in [0, 0.05) is 31.9 Å². The van der Waals surface area contributed by atoms with Crippen molar-refractivity contribution in [3.8, 4) is 6.07 Å². The number of benzene rings is 2. The first-order valence-electron chi connectivity index (χ1n) is 11.5. The Labute approximate surface area is 189 Å². The van der Waals surface area contributed by atoms with Gasteiger partial charge in [0.1, 0.15) is 11.9 Å². The summed E-state index contributed by atoms with van der Waals surface area (Å²) in [6.45, 7) is 10.3. The van der Waals surface area contributed by atoms with Gasteiger partial charge in [-0.1, -0.05) is 43.2 Å². The summed E-state index contributed by atoms with van der Waals surface area (Å²) in [5.41, 5.74) is 8.57. The molecule has 1 aliphatic rings. The monoisotopic (exact) mass is 423 g/mol. The van der Waals surface area contributed by atoms with Crippen molar-refractivity contribution in [2.75, 3.05) is 36.0 Å². The van der Waals surface area contributed by atoms with Crippen LogP contribution in [0.5, 0.6) is 0 Å². The second-order valence-electron chi connectivity index (χ2n) is 8.79. The fourth-order valence-corrected chi connectivity index (χ4v) is 5.02. The first-order valence-corrected chi connectivity index (χ1v) is 11.5. The highest BCUT2D eigenvalue weighted by atomic mass is 15.3. The molecule has 32 heavy (non-hydrogen) atoms. The van der Waals surface area contributed by atoms with Crippen LogP contribution in [0.2, 0.25) is 0 Å². The van der Waals surface area contributed by atoms with Gasteiger partial charge in [0.05, 0.1) is 16.6 Å². The smallest absolute Gasteiger partial charge is 0.157 e. The highest BCUT2D eigenvalue weighted by molar-refractivity contribution is 5.85. The Morgan fingerprint density at radius 1 is 0.969 bits per heavy atom. The number of hydrogen-bond acceptors (Lipinski definition) is 4. The summed E-state index contributed by atoms with van der Waals surface area (Å²) in [4.78, 5) is 9.82. The third-order valence-corrected chi connectivity index (χ3v) is 6.57. The summed E-state index contributed by atoms with van der Waals surface area (Å²) in [6, 6.07) is 19.6. The first kappa shape index (κ1) is 20.4. The third-order valence-electron chi connectivity index (χ3n) is 6.57. The predicted octanol–water partition coefficient (Wildman–Crippen LogP) is 5.26. The lowest BCUT2D eigenvalue weighted by atomic mass is 10.0. The third kappa shape index (κ3) is 3.36. The summed E-state index contributed by atoms with van der Waals surface area (Å²) in [5.74, 6) is 1.15. The molecular formula is C27H29N5. The summed E-state index contributed by atoms with van der Waals surface area (Å²) in [6.07, 6.45) is 1.89. The van der Waals surface area contributed by atoms with Gasteiger partial charge in [-0.25, -0.2) is 4.98 Å². The molecule has 1 aliphatic heterocycles. The molecule has 5 nitrogen and oxygen atoms in total. The Hall–Kier alpha value is -3.52. The van der Waals surface area contributed by atoms with Crippen LogP contribution in [0.1, 0.15) is 35.6 Å². The Morgan fingerprint density at radius 3 is 2.44 bits per heavy atom. The maximum Gasteiger partial charge on any atom is 0.157 e. The average Bonchev–Trinajstić information content (AvgIpc) is 3.18. The highest BCUT2D eigenvalue weighted by Crippen LogP contribution is 2.31. The molecular weight excluding hydrogens is 394 g/mol. The van der Waals surface area contributed by atoms with Crippen LogP contribution in [0.15, 0.2) is 48.5 Å². The number of rotatable bonds is 4. The Bertz CT molecular complexity index is 1340. The van der Waals surface area contributed by atoms with E-state index < -0.39 is 0 Å². The molecule has 0 spiro atoms. The average molecular weight is 424 g/mol. The molecule has 2 aromatic heterocycles. The van der Waals surface area contributed by atoms with Crippen LogP contribution in [0.3, 0.4) is 0 Å². The van der Waals surface area contributed by atoms with Crippen LogP contribution in [0.25, 0.3) is 16.7 Å². The molecule has 1 saturated heterocycles. The predicted molar refractivity (Wildman–Crippen MR) is 132 cm³/mol. The van der Waals surface area contributed by atoms with Gasteiger partial charge in [-0.3, -0.25) is 4.40 Å². The van der Waals surface area contributed by atoms with Gasteiger partial charge < -0.3 is 9.80 Å². The molecule has 1 fully saturated rings. The van der Waals surface area contributed by atoms with Gasteiger partial charge in [0.15, 0.2) is 5.65 Å². The zero-order chi connectivity index (χ0) is 22.2. The molecule has 0 N–H and O–H groups in total. The number of fused-ring (bicyclic) bond motifs is 3. The minimum absolute atomic E-state index is 0.709. The molecule has 0 unspecified atom stereocenters. The molecule has 0 amide bonds. The van der Waals surface area contributed by atoms with E-state index in [9.17, 15) is 5.26 Å². The fraction of sp³-hybridized carbons (Fsp3) is 0.333. The molecule has 0 aliphatic carbocycles. The number of pyridine rings is 1. The van der Waals surface area contributed by atoms with Gasteiger partial charge >= 0.3 is 0 Å². The Kier molecular flexibility index (Phi) is 5.22. The van der Waals surface area contributed by atoms with Gasteiger partial charge in [-0.15, -0.1) is 0 Å². The number of nitriles is 1. The molecule has 0 bridgehead atoms. The van der Waals surface area contributed by atoms with Gasteiger partial charge in [-0.05, 0) is 55.7 Å². The van der Waals surface area contributed by atoms with Crippen molar-refractivity contribution >= 4 is 28.2 Å². The molecule has 2 aromatic carbocycles. The van der Waals surface area contributed by atoms with Crippen LogP contribution >= 0.6 is 0 Å². The summed E-state index contributed by atoms with van der Waals surface area (Å²) in [5, 5.41) is 9.95. The lowest BCUT2D eigenvalue weighted by Crippen LogP contribution is -2.47. The van der Waals surface area contributed by atoms with E-state index in [1.54, 1.807) is 0 Å². The van der Waals surface area contributed by atoms with E-state index in [2.05, 4.69) is 71.4 Å². The van der Waals surface area contributed by atoms with E-state index in [0.717, 1.165) is 67.1 Å². The van der Waals surface area contributed by atoms with Gasteiger partial charge in [0.25, 0.3) is 0 Å². The van der Waals surface area contributed by atoms with Crippen LogP contribution in [0.4, 0.5) is 11.5 Å². The number of hydrogen-bond donors (Lipinski definition) is 0. The van der Waals surface area contributed by atoms with Crippen LogP contribution in [-0.2, 0) is 6.42 Å². The molecule has 5 heteroatoms.